The standard InChI is InChI=1S/C11H17N3/c1-4-6-7-10(12-5-2)11-13-8-9-14(11)3/h8-10,12H,5,7H2,1-3H3. The first-order valence-corrected chi connectivity index (χ1v) is 4.89. The number of hydrogen-bond acceptors (Lipinski definition) is 2. The summed E-state index contributed by atoms with van der Waals surface area (Å²) in [4.78, 5) is 4.32. The maximum atomic E-state index is 4.32. The molecule has 1 unspecified atom stereocenters. The van der Waals surface area contributed by atoms with Gasteiger partial charge in [0.15, 0.2) is 0 Å². The van der Waals surface area contributed by atoms with Gasteiger partial charge < -0.3 is 9.88 Å². The van der Waals surface area contributed by atoms with Gasteiger partial charge in [-0.2, -0.15) is 0 Å². The number of rotatable bonds is 4. The average molecular weight is 191 g/mol. The molecule has 1 N–H and O–H groups in total. The summed E-state index contributed by atoms with van der Waals surface area (Å²) in [5.74, 6) is 7.04. The Hall–Kier alpha value is -1.27. The summed E-state index contributed by atoms with van der Waals surface area (Å²) < 4.78 is 2.03. The Morgan fingerprint density at radius 3 is 2.93 bits per heavy atom. The molecule has 1 atom stereocenters. The quantitative estimate of drug-likeness (QED) is 0.731. The van der Waals surface area contributed by atoms with Crippen LogP contribution in [-0.2, 0) is 7.05 Å². The summed E-state index contributed by atoms with van der Waals surface area (Å²) in [6, 6.07) is 0.243. The third kappa shape index (κ3) is 2.61. The van der Waals surface area contributed by atoms with Gasteiger partial charge in [-0.1, -0.05) is 6.92 Å². The van der Waals surface area contributed by atoms with Crippen molar-refractivity contribution in [1.29, 1.82) is 0 Å². The lowest BCUT2D eigenvalue weighted by molar-refractivity contribution is 0.519. The van der Waals surface area contributed by atoms with Crippen LogP contribution in [0.25, 0.3) is 0 Å². The molecule has 0 radical (unpaired) electrons. The lowest BCUT2D eigenvalue weighted by Crippen LogP contribution is -2.23. The van der Waals surface area contributed by atoms with Crippen molar-refractivity contribution in [3.8, 4) is 11.8 Å². The number of nitrogens with one attached hydrogen (secondary N) is 1. The summed E-state index contributed by atoms with van der Waals surface area (Å²) in [6.07, 6.45) is 4.59. The number of hydrogen-bond donors (Lipinski definition) is 1. The van der Waals surface area contributed by atoms with Crippen molar-refractivity contribution in [3.05, 3.63) is 18.2 Å². The van der Waals surface area contributed by atoms with Crippen molar-refractivity contribution >= 4 is 0 Å². The third-order valence-corrected chi connectivity index (χ3v) is 2.10. The Balaban J connectivity index is 2.75. The minimum absolute atomic E-state index is 0.243. The predicted octanol–water partition coefficient (Wildman–Crippen LogP) is 1.48. The van der Waals surface area contributed by atoms with Crippen molar-refractivity contribution in [2.45, 2.75) is 26.3 Å². The largest absolute Gasteiger partial charge is 0.337 e. The van der Waals surface area contributed by atoms with Crippen molar-refractivity contribution in [1.82, 2.24) is 14.9 Å². The zero-order chi connectivity index (χ0) is 10.4. The van der Waals surface area contributed by atoms with E-state index < -0.39 is 0 Å². The van der Waals surface area contributed by atoms with E-state index in [1.165, 1.54) is 0 Å². The molecule has 0 spiro atoms. The smallest absolute Gasteiger partial charge is 0.126 e. The van der Waals surface area contributed by atoms with E-state index in [9.17, 15) is 0 Å². The predicted molar refractivity (Wildman–Crippen MR) is 57.7 cm³/mol. The van der Waals surface area contributed by atoms with E-state index in [-0.39, 0.29) is 6.04 Å². The fourth-order valence-electron chi connectivity index (χ4n) is 1.42. The fraction of sp³-hybridized carbons (Fsp3) is 0.545. The summed E-state index contributed by atoms with van der Waals surface area (Å²) in [5.41, 5.74) is 0. The van der Waals surface area contributed by atoms with Crippen molar-refractivity contribution in [2.75, 3.05) is 6.54 Å². The first kappa shape index (κ1) is 10.8. The minimum atomic E-state index is 0.243. The normalized spacial score (nSPS) is 11.9. The van der Waals surface area contributed by atoms with Gasteiger partial charge in [0.2, 0.25) is 0 Å². The Kier molecular flexibility index (Phi) is 4.21. The maximum absolute atomic E-state index is 4.32. The van der Waals surface area contributed by atoms with E-state index in [2.05, 4.69) is 29.1 Å². The molecule has 1 rings (SSSR count). The van der Waals surface area contributed by atoms with Crippen LogP contribution in [0.1, 0.15) is 32.1 Å². The van der Waals surface area contributed by atoms with Crippen LogP contribution >= 0.6 is 0 Å². The Morgan fingerprint density at radius 2 is 2.43 bits per heavy atom. The second-order valence-corrected chi connectivity index (χ2v) is 3.14. The molecule has 0 amide bonds. The molecule has 0 saturated carbocycles. The number of nitrogens with zero attached hydrogens (tertiary/aromatic N) is 2. The molecule has 3 nitrogen and oxygen atoms in total. The zero-order valence-corrected chi connectivity index (χ0v) is 9.04. The maximum Gasteiger partial charge on any atom is 0.126 e. The van der Waals surface area contributed by atoms with Crippen LogP contribution < -0.4 is 5.32 Å². The first-order chi connectivity index (χ1) is 6.79. The zero-order valence-electron chi connectivity index (χ0n) is 9.04. The van der Waals surface area contributed by atoms with Gasteiger partial charge in [0.25, 0.3) is 0 Å². The van der Waals surface area contributed by atoms with Gasteiger partial charge in [-0.3, -0.25) is 0 Å². The molecule has 0 bridgehead atoms. The van der Waals surface area contributed by atoms with Crippen molar-refractivity contribution in [3.63, 3.8) is 0 Å². The fourth-order valence-corrected chi connectivity index (χ4v) is 1.42. The molecular formula is C11H17N3. The highest BCUT2D eigenvalue weighted by Gasteiger charge is 2.12. The molecule has 0 aliphatic heterocycles. The molecule has 3 heteroatoms. The van der Waals surface area contributed by atoms with E-state index in [4.69, 9.17) is 0 Å². The van der Waals surface area contributed by atoms with E-state index in [0.29, 0.717) is 0 Å². The van der Waals surface area contributed by atoms with Gasteiger partial charge in [0.1, 0.15) is 5.82 Å². The topological polar surface area (TPSA) is 29.9 Å². The summed E-state index contributed by atoms with van der Waals surface area (Å²) in [7, 11) is 2.01. The highest BCUT2D eigenvalue weighted by molar-refractivity contribution is 5.06. The van der Waals surface area contributed by atoms with Gasteiger partial charge >= 0.3 is 0 Å². The van der Waals surface area contributed by atoms with Crippen LogP contribution in [0, 0.1) is 11.8 Å². The molecule has 0 aliphatic rings. The summed E-state index contributed by atoms with van der Waals surface area (Å²) in [5, 5.41) is 3.37. The lowest BCUT2D eigenvalue weighted by atomic mass is 10.2. The molecule has 0 aliphatic carbocycles. The van der Waals surface area contributed by atoms with Gasteiger partial charge in [-0.15, -0.1) is 11.8 Å². The number of aryl methyl sites for hydroxylation is 1. The van der Waals surface area contributed by atoms with Crippen LogP contribution in [0.15, 0.2) is 12.4 Å². The van der Waals surface area contributed by atoms with Gasteiger partial charge in [0.05, 0.1) is 6.04 Å². The monoisotopic (exact) mass is 191 g/mol. The second-order valence-electron chi connectivity index (χ2n) is 3.14. The molecule has 14 heavy (non-hydrogen) atoms. The van der Waals surface area contributed by atoms with Crippen molar-refractivity contribution in [2.24, 2.45) is 7.05 Å². The molecule has 1 heterocycles. The van der Waals surface area contributed by atoms with Gasteiger partial charge in [-0.05, 0) is 13.5 Å². The molecule has 0 aromatic carbocycles. The highest BCUT2D eigenvalue weighted by Crippen LogP contribution is 2.12. The van der Waals surface area contributed by atoms with Crippen LogP contribution in [0.2, 0.25) is 0 Å². The molecule has 0 fully saturated rings. The number of imidazole rings is 1. The van der Waals surface area contributed by atoms with E-state index >= 15 is 0 Å². The van der Waals surface area contributed by atoms with Crippen LogP contribution in [0.3, 0.4) is 0 Å². The van der Waals surface area contributed by atoms with Gasteiger partial charge in [0, 0.05) is 25.9 Å². The second kappa shape index (κ2) is 5.46. The average Bonchev–Trinajstić information content (AvgIpc) is 2.59. The van der Waals surface area contributed by atoms with E-state index in [1.807, 2.05) is 30.9 Å². The Bertz CT molecular complexity index is 330. The SMILES string of the molecule is CC#CCC(NCC)c1nccn1C. The molecule has 0 saturated heterocycles. The Labute approximate surface area is 85.5 Å². The van der Waals surface area contributed by atoms with Crippen LogP contribution in [0.4, 0.5) is 0 Å². The van der Waals surface area contributed by atoms with E-state index in [1.54, 1.807) is 0 Å². The molecule has 1 aromatic rings. The molecule has 76 valence electrons. The van der Waals surface area contributed by atoms with Crippen LogP contribution in [0.5, 0.6) is 0 Å². The molecule has 1 aromatic heterocycles. The first-order valence-electron chi connectivity index (χ1n) is 4.89. The summed E-state index contributed by atoms with van der Waals surface area (Å²) >= 11 is 0. The van der Waals surface area contributed by atoms with Gasteiger partial charge in [-0.25, -0.2) is 4.98 Å². The highest BCUT2D eigenvalue weighted by atomic mass is 15.1. The molecular weight excluding hydrogens is 174 g/mol. The lowest BCUT2D eigenvalue weighted by Gasteiger charge is -2.14. The number of aromatic nitrogens is 2. The van der Waals surface area contributed by atoms with E-state index in [0.717, 1.165) is 18.8 Å². The minimum Gasteiger partial charge on any atom is -0.337 e. The third-order valence-electron chi connectivity index (χ3n) is 2.10. The van der Waals surface area contributed by atoms with Crippen molar-refractivity contribution < 1.29 is 0 Å². The van der Waals surface area contributed by atoms with Crippen LogP contribution in [-0.4, -0.2) is 16.1 Å². The summed E-state index contributed by atoms with van der Waals surface area (Å²) in [6.45, 7) is 4.89. The Morgan fingerprint density at radius 1 is 1.64 bits per heavy atom.